The summed E-state index contributed by atoms with van der Waals surface area (Å²) in [6.07, 6.45) is 0.947. The molecule has 0 heterocycles. The topological polar surface area (TPSA) is 30.5 Å². The molecule has 0 aliphatic rings. The van der Waals surface area contributed by atoms with Crippen LogP contribution in [-0.2, 0) is 19.6 Å². The maximum absolute atomic E-state index is 6.16. The smallest absolute Gasteiger partial charge is 0.166 e. The molecule has 3 aromatic carbocycles. The maximum Gasteiger partial charge on any atom is 0.166 e. The van der Waals surface area contributed by atoms with Crippen molar-refractivity contribution in [1.82, 2.24) is 5.32 Å². The zero-order valence-corrected chi connectivity index (χ0v) is 18.1. The average molecular weight is 432 g/mol. The van der Waals surface area contributed by atoms with Crippen molar-refractivity contribution in [1.29, 1.82) is 0 Å². The number of nitrogens with one attached hydrogen (secondary N) is 1. The highest BCUT2D eigenvalue weighted by Gasteiger charge is 2.11. The van der Waals surface area contributed by atoms with Gasteiger partial charge in [0.2, 0.25) is 0 Å². The Hall–Kier alpha value is -2.20. The third-order valence-corrected chi connectivity index (χ3v) is 4.66. The number of hydrogen-bond acceptors (Lipinski definition) is 3. The van der Waals surface area contributed by atoms with Gasteiger partial charge in [-0.05, 0) is 49.2 Å². The summed E-state index contributed by atoms with van der Waals surface area (Å²) in [5.41, 5.74) is 3.49. The summed E-state index contributed by atoms with van der Waals surface area (Å²) in [6, 6.07) is 24.2. The van der Waals surface area contributed by atoms with Gasteiger partial charge in [0.1, 0.15) is 6.61 Å². The first-order chi connectivity index (χ1) is 13.8. The molecule has 0 saturated heterocycles. The summed E-state index contributed by atoms with van der Waals surface area (Å²) in [6.45, 7) is 4.70. The molecule has 0 spiro atoms. The molecule has 154 valence electrons. The van der Waals surface area contributed by atoms with Crippen LogP contribution in [0.3, 0.4) is 0 Å². The quantitative estimate of drug-likeness (QED) is 0.395. The van der Waals surface area contributed by atoms with E-state index in [2.05, 4.69) is 35.6 Å². The van der Waals surface area contributed by atoms with E-state index in [1.165, 1.54) is 5.56 Å². The molecule has 0 unspecified atom stereocenters. The zero-order valence-electron chi connectivity index (χ0n) is 16.6. The van der Waals surface area contributed by atoms with Crippen molar-refractivity contribution < 1.29 is 9.47 Å². The highest BCUT2D eigenvalue weighted by Crippen LogP contribution is 2.32. The molecule has 29 heavy (non-hydrogen) atoms. The maximum atomic E-state index is 6.16. The molecule has 0 radical (unpaired) electrons. The van der Waals surface area contributed by atoms with Crippen molar-refractivity contribution in [3.05, 3.63) is 94.5 Å². The van der Waals surface area contributed by atoms with Crippen LogP contribution in [0.5, 0.6) is 11.5 Å². The van der Waals surface area contributed by atoms with Gasteiger partial charge in [-0.25, -0.2) is 0 Å². The molecule has 0 aliphatic carbocycles. The molecule has 0 fully saturated rings. The molecule has 0 aliphatic heterocycles. The van der Waals surface area contributed by atoms with Gasteiger partial charge < -0.3 is 14.8 Å². The first-order valence-corrected chi connectivity index (χ1v) is 10.0. The van der Waals surface area contributed by atoms with E-state index in [-0.39, 0.29) is 12.4 Å². The number of rotatable bonds is 10. The van der Waals surface area contributed by atoms with Crippen LogP contribution < -0.4 is 14.8 Å². The van der Waals surface area contributed by atoms with Gasteiger partial charge in [0.05, 0.1) is 6.61 Å². The molecule has 0 bridgehead atoms. The molecule has 0 aromatic heterocycles. The van der Waals surface area contributed by atoms with E-state index in [1.54, 1.807) is 0 Å². The minimum Gasteiger partial charge on any atom is -0.490 e. The molecule has 3 nitrogen and oxygen atoms in total. The van der Waals surface area contributed by atoms with E-state index in [0.29, 0.717) is 13.2 Å². The van der Waals surface area contributed by atoms with Crippen LogP contribution in [0.2, 0.25) is 5.02 Å². The molecule has 3 rings (SSSR count). The molecule has 0 amide bonds. The van der Waals surface area contributed by atoms with Gasteiger partial charge in [-0.1, -0.05) is 66.2 Å². The van der Waals surface area contributed by atoms with E-state index in [1.807, 2.05) is 49.4 Å². The van der Waals surface area contributed by atoms with Gasteiger partial charge in [0.25, 0.3) is 0 Å². The first-order valence-electron chi connectivity index (χ1n) is 9.63. The largest absolute Gasteiger partial charge is 0.490 e. The normalized spacial score (nSPS) is 10.3. The highest BCUT2D eigenvalue weighted by molar-refractivity contribution is 6.30. The Balaban J connectivity index is 0.00000300. The van der Waals surface area contributed by atoms with E-state index >= 15 is 0 Å². The Labute approximate surface area is 184 Å². The molecule has 5 heteroatoms. The Kier molecular flexibility index (Phi) is 9.85. The van der Waals surface area contributed by atoms with Crippen molar-refractivity contribution >= 4 is 24.0 Å². The average Bonchev–Trinajstić information content (AvgIpc) is 2.73. The summed E-state index contributed by atoms with van der Waals surface area (Å²) in [5, 5.41) is 4.27. The number of benzene rings is 3. The van der Waals surface area contributed by atoms with E-state index in [0.717, 1.165) is 47.2 Å². The molecular formula is C24H27Cl2NO2. The van der Waals surface area contributed by atoms with Crippen LogP contribution in [0.15, 0.2) is 72.8 Å². The van der Waals surface area contributed by atoms with Crippen LogP contribution >= 0.6 is 24.0 Å². The molecule has 0 saturated carbocycles. The van der Waals surface area contributed by atoms with Crippen molar-refractivity contribution in [2.45, 2.75) is 26.5 Å². The molecule has 0 atom stereocenters. The van der Waals surface area contributed by atoms with Gasteiger partial charge in [-0.15, -0.1) is 12.4 Å². The van der Waals surface area contributed by atoms with Crippen molar-refractivity contribution in [2.75, 3.05) is 13.2 Å². The molecular weight excluding hydrogens is 405 g/mol. The monoisotopic (exact) mass is 431 g/mol. The predicted octanol–water partition coefficient (Wildman–Crippen LogP) is 6.07. The lowest BCUT2D eigenvalue weighted by molar-refractivity contribution is 0.266. The summed E-state index contributed by atoms with van der Waals surface area (Å²) >= 11 is 5.94. The van der Waals surface area contributed by atoms with E-state index in [4.69, 9.17) is 21.1 Å². The molecule has 1 N–H and O–H groups in total. The lowest BCUT2D eigenvalue weighted by Gasteiger charge is -2.16. The van der Waals surface area contributed by atoms with Crippen molar-refractivity contribution in [2.24, 2.45) is 0 Å². The Bertz CT molecular complexity index is 855. The summed E-state index contributed by atoms with van der Waals surface area (Å²) in [4.78, 5) is 0. The molecule has 3 aromatic rings. The third-order valence-electron chi connectivity index (χ3n) is 4.41. The van der Waals surface area contributed by atoms with Gasteiger partial charge in [0, 0.05) is 17.1 Å². The standard InChI is InChI=1S/C24H26ClNO2.ClH/c1-2-27-23-10-6-9-21(24(23)28-18-20-7-4-3-5-8-20)17-26-16-15-19-11-13-22(25)14-12-19;/h3-14,26H,2,15-18H2,1H3;1H. The Morgan fingerprint density at radius 1 is 0.828 bits per heavy atom. The van der Waals surface area contributed by atoms with Gasteiger partial charge >= 0.3 is 0 Å². The van der Waals surface area contributed by atoms with Gasteiger partial charge in [-0.3, -0.25) is 0 Å². The lowest BCUT2D eigenvalue weighted by Crippen LogP contribution is -2.17. The van der Waals surface area contributed by atoms with Crippen LogP contribution in [0, 0.1) is 0 Å². The highest BCUT2D eigenvalue weighted by atomic mass is 35.5. The van der Waals surface area contributed by atoms with Crippen LogP contribution in [-0.4, -0.2) is 13.2 Å². The fraction of sp³-hybridized carbons (Fsp3) is 0.250. The SMILES string of the molecule is CCOc1cccc(CNCCc2ccc(Cl)cc2)c1OCc1ccccc1.Cl. The third kappa shape index (κ3) is 7.28. The summed E-state index contributed by atoms with van der Waals surface area (Å²) in [5.74, 6) is 1.60. The van der Waals surface area contributed by atoms with Crippen LogP contribution in [0.25, 0.3) is 0 Å². The number of ether oxygens (including phenoxy) is 2. The van der Waals surface area contributed by atoms with Crippen LogP contribution in [0.1, 0.15) is 23.6 Å². The minimum atomic E-state index is 0. The number of para-hydroxylation sites is 1. The second kappa shape index (κ2) is 12.4. The van der Waals surface area contributed by atoms with Crippen molar-refractivity contribution in [3.63, 3.8) is 0 Å². The fourth-order valence-electron chi connectivity index (χ4n) is 2.97. The van der Waals surface area contributed by atoms with Crippen molar-refractivity contribution in [3.8, 4) is 11.5 Å². The summed E-state index contributed by atoms with van der Waals surface area (Å²) in [7, 11) is 0. The van der Waals surface area contributed by atoms with Gasteiger partial charge in [0.15, 0.2) is 11.5 Å². The number of halogens is 2. The lowest BCUT2D eigenvalue weighted by atomic mass is 10.1. The predicted molar refractivity (Wildman–Crippen MR) is 122 cm³/mol. The summed E-state index contributed by atoms with van der Waals surface area (Å²) < 4.78 is 11.9. The first kappa shape index (κ1) is 23.1. The van der Waals surface area contributed by atoms with Crippen LogP contribution in [0.4, 0.5) is 0 Å². The zero-order chi connectivity index (χ0) is 19.6. The second-order valence-corrected chi connectivity index (χ2v) is 6.94. The second-order valence-electron chi connectivity index (χ2n) is 6.50. The Morgan fingerprint density at radius 2 is 1.59 bits per heavy atom. The number of hydrogen-bond donors (Lipinski definition) is 1. The van der Waals surface area contributed by atoms with E-state index < -0.39 is 0 Å². The Morgan fingerprint density at radius 3 is 2.31 bits per heavy atom. The fourth-order valence-corrected chi connectivity index (χ4v) is 3.10. The van der Waals surface area contributed by atoms with Gasteiger partial charge in [-0.2, -0.15) is 0 Å². The minimum absolute atomic E-state index is 0. The van der Waals surface area contributed by atoms with E-state index in [9.17, 15) is 0 Å².